The summed E-state index contributed by atoms with van der Waals surface area (Å²) in [6, 6.07) is 7.39. The van der Waals surface area contributed by atoms with Crippen molar-refractivity contribution in [1.29, 1.82) is 0 Å². The summed E-state index contributed by atoms with van der Waals surface area (Å²) < 4.78 is 83.5. The van der Waals surface area contributed by atoms with Crippen molar-refractivity contribution in [3.8, 4) is 17.2 Å². The topological polar surface area (TPSA) is 18.5 Å². The second-order valence-electron chi connectivity index (χ2n) is 8.10. The number of aryl methyl sites for hydroxylation is 2. The molecule has 0 amide bonds. The molecule has 7 heteroatoms. The van der Waals surface area contributed by atoms with Gasteiger partial charge < -0.3 is 9.47 Å². The molecule has 4 rings (SSSR count). The van der Waals surface area contributed by atoms with E-state index in [1.54, 1.807) is 12.1 Å². The lowest BCUT2D eigenvalue weighted by molar-refractivity contribution is 0.275. The minimum atomic E-state index is -1.28. The van der Waals surface area contributed by atoms with Crippen molar-refractivity contribution in [3.63, 3.8) is 0 Å². The van der Waals surface area contributed by atoms with Crippen molar-refractivity contribution in [1.82, 2.24) is 0 Å². The lowest BCUT2D eigenvalue weighted by Gasteiger charge is -2.23. The Balaban J connectivity index is 1.60. The van der Waals surface area contributed by atoms with E-state index < -0.39 is 41.4 Å². The first-order valence-electron chi connectivity index (χ1n) is 10.9. The monoisotopic (exact) mass is 462 g/mol. The molecule has 0 aromatic heterocycles. The van der Waals surface area contributed by atoms with Crippen LogP contribution in [0.5, 0.6) is 17.2 Å². The predicted molar refractivity (Wildman–Crippen MR) is 114 cm³/mol. The number of hydrogen-bond acceptors (Lipinski definition) is 2. The lowest BCUT2D eigenvalue weighted by atomic mass is 9.95. The first kappa shape index (κ1) is 23.1. The molecule has 174 valence electrons. The van der Waals surface area contributed by atoms with E-state index in [4.69, 9.17) is 9.47 Å². The van der Waals surface area contributed by atoms with E-state index in [1.807, 2.05) is 13.8 Å². The Kier molecular flexibility index (Phi) is 6.58. The van der Waals surface area contributed by atoms with Gasteiger partial charge in [0.1, 0.15) is 6.61 Å². The summed E-state index contributed by atoms with van der Waals surface area (Å²) in [5.74, 6) is -6.14. The molecular formula is C26H23F5O2. The number of halogens is 5. The highest BCUT2D eigenvalue weighted by Crippen LogP contribution is 2.42. The second kappa shape index (κ2) is 9.41. The molecule has 33 heavy (non-hydrogen) atoms. The summed E-state index contributed by atoms with van der Waals surface area (Å²) in [4.78, 5) is 0. The molecule has 3 aromatic rings. The molecule has 1 aliphatic rings. The van der Waals surface area contributed by atoms with E-state index in [2.05, 4.69) is 0 Å². The molecule has 0 spiro atoms. The first-order valence-corrected chi connectivity index (χ1v) is 10.9. The summed E-state index contributed by atoms with van der Waals surface area (Å²) in [6.07, 6.45) is 2.37. The Labute approximate surface area is 189 Å². The van der Waals surface area contributed by atoms with Gasteiger partial charge in [0.25, 0.3) is 0 Å². The number of fused-ring (bicyclic) bond motifs is 2. The maximum Gasteiger partial charge on any atom is 0.201 e. The Bertz CT molecular complexity index is 1210. The third-order valence-electron chi connectivity index (χ3n) is 5.71. The molecule has 0 radical (unpaired) electrons. The fourth-order valence-corrected chi connectivity index (χ4v) is 4.02. The average Bonchev–Trinajstić information content (AvgIpc) is 2.81. The van der Waals surface area contributed by atoms with E-state index in [0.717, 1.165) is 6.42 Å². The molecule has 3 aromatic carbocycles. The van der Waals surface area contributed by atoms with Gasteiger partial charge in [-0.2, -0.15) is 8.78 Å². The molecule has 2 nitrogen and oxygen atoms in total. The Morgan fingerprint density at radius 1 is 0.697 bits per heavy atom. The molecular weight excluding hydrogens is 439 g/mol. The normalized spacial score (nSPS) is 12.2. The van der Waals surface area contributed by atoms with Crippen LogP contribution in [0.15, 0.2) is 30.3 Å². The van der Waals surface area contributed by atoms with Crippen LogP contribution in [0.3, 0.4) is 0 Å². The van der Waals surface area contributed by atoms with Gasteiger partial charge in [0.05, 0.1) is 0 Å². The number of benzene rings is 3. The summed E-state index contributed by atoms with van der Waals surface area (Å²) in [5.41, 5.74) is 1.31. The van der Waals surface area contributed by atoms with Crippen molar-refractivity contribution in [2.45, 2.75) is 52.6 Å². The molecule has 0 bridgehead atoms. The highest BCUT2D eigenvalue weighted by Gasteiger charge is 2.28. The van der Waals surface area contributed by atoms with Crippen LogP contribution in [0.4, 0.5) is 22.0 Å². The molecule has 0 unspecified atom stereocenters. The average molecular weight is 462 g/mol. The van der Waals surface area contributed by atoms with Crippen LogP contribution in [0.25, 0.3) is 0 Å². The second-order valence-corrected chi connectivity index (χ2v) is 8.10. The first-order chi connectivity index (χ1) is 15.8. The molecule has 1 aliphatic heterocycles. The van der Waals surface area contributed by atoms with Crippen molar-refractivity contribution in [3.05, 3.63) is 87.2 Å². The zero-order valence-corrected chi connectivity index (χ0v) is 18.3. The third-order valence-corrected chi connectivity index (χ3v) is 5.71. The van der Waals surface area contributed by atoms with Gasteiger partial charge in [-0.1, -0.05) is 44.9 Å². The molecule has 0 atom stereocenters. The minimum Gasteiger partial charge on any atom is -0.486 e. The summed E-state index contributed by atoms with van der Waals surface area (Å²) in [5, 5.41) is 0. The fourth-order valence-electron chi connectivity index (χ4n) is 4.02. The minimum absolute atomic E-state index is 0.0968. The van der Waals surface area contributed by atoms with Crippen LogP contribution in [-0.2, 0) is 25.9 Å². The van der Waals surface area contributed by atoms with Crippen molar-refractivity contribution >= 4 is 0 Å². The van der Waals surface area contributed by atoms with E-state index in [-0.39, 0.29) is 29.0 Å². The predicted octanol–water partition coefficient (Wildman–Crippen LogP) is 7.56. The van der Waals surface area contributed by atoms with Gasteiger partial charge in [0.15, 0.2) is 34.7 Å². The summed E-state index contributed by atoms with van der Waals surface area (Å²) in [6.45, 7) is 3.24. The zero-order chi connectivity index (χ0) is 23.7. The Hall–Kier alpha value is -3.09. The van der Waals surface area contributed by atoms with Crippen LogP contribution in [0.1, 0.15) is 54.5 Å². The number of hydrogen-bond donors (Lipinski definition) is 0. The highest BCUT2D eigenvalue weighted by atomic mass is 19.2. The SMILES string of the molecule is CCCc1ccc(OCc2cc3c(c(F)c2F)Oc2c(ccc(CCC)c2F)C3)c(F)c1F. The molecule has 0 aliphatic carbocycles. The van der Waals surface area contributed by atoms with Crippen LogP contribution in [-0.4, -0.2) is 0 Å². The molecule has 1 heterocycles. The molecule has 0 fully saturated rings. The van der Waals surface area contributed by atoms with E-state index in [1.165, 1.54) is 18.2 Å². The van der Waals surface area contributed by atoms with Crippen LogP contribution >= 0.6 is 0 Å². The Morgan fingerprint density at radius 2 is 1.30 bits per heavy atom. The van der Waals surface area contributed by atoms with Gasteiger partial charge in [-0.05, 0) is 36.1 Å². The van der Waals surface area contributed by atoms with E-state index >= 15 is 0 Å². The van der Waals surface area contributed by atoms with Gasteiger partial charge in [-0.15, -0.1) is 0 Å². The lowest BCUT2D eigenvalue weighted by Crippen LogP contribution is -2.12. The zero-order valence-electron chi connectivity index (χ0n) is 18.3. The van der Waals surface area contributed by atoms with Crippen molar-refractivity contribution in [2.24, 2.45) is 0 Å². The van der Waals surface area contributed by atoms with Gasteiger partial charge in [-0.3, -0.25) is 0 Å². The molecule has 0 saturated heterocycles. The molecule has 0 N–H and O–H groups in total. The van der Waals surface area contributed by atoms with Gasteiger partial charge in [0, 0.05) is 23.1 Å². The summed E-state index contributed by atoms with van der Waals surface area (Å²) in [7, 11) is 0. The van der Waals surface area contributed by atoms with Crippen LogP contribution in [0.2, 0.25) is 0 Å². The Morgan fingerprint density at radius 3 is 2.00 bits per heavy atom. The van der Waals surface area contributed by atoms with Crippen molar-refractivity contribution in [2.75, 3.05) is 0 Å². The number of ether oxygens (including phenoxy) is 2. The molecule has 0 saturated carbocycles. The van der Waals surface area contributed by atoms with Gasteiger partial charge >= 0.3 is 0 Å². The quantitative estimate of drug-likeness (QED) is 0.264. The summed E-state index contributed by atoms with van der Waals surface area (Å²) >= 11 is 0. The van der Waals surface area contributed by atoms with Gasteiger partial charge in [0.2, 0.25) is 11.6 Å². The third kappa shape index (κ3) is 4.28. The maximum absolute atomic E-state index is 14.8. The van der Waals surface area contributed by atoms with Crippen LogP contribution in [0, 0.1) is 29.1 Å². The van der Waals surface area contributed by atoms with E-state index in [0.29, 0.717) is 36.0 Å². The van der Waals surface area contributed by atoms with Crippen LogP contribution < -0.4 is 9.47 Å². The largest absolute Gasteiger partial charge is 0.486 e. The smallest absolute Gasteiger partial charge is 0.201 e. The standard InChI is InChI=1S/C26H23F5O2/c1-3-5-14-9-10-19(23(30)20(14)27)32-13-18-12-17-11-16-8-7-15(6-4-2)22(29)25(16)33-26(17)24(31)21(18)28/h7-10,12H,3-6,11,13H2,1-2H3. The fraction of sp³-hybridized carbons (Fsp3) is 0.308. The van der Waals surface area contributed by atoms with Crippen molar-refractivity contribution < 1.29 is 31.4 Å². The van der Waals surface area contributed by atoms with Gasteiger partial charge in [-0.25, -0.2) is 13.2 Å². The maximum atomic E-state index is 14.8. The number of rotatable bonds is 7. The van der Waals surface area contributed by atoms with E-state index in [9.17, 15) is 22.0 Å². The highest BCUT2D eigenvalue weighted by molar-refractivity contribution is 5.53.